The third kappa shape index (κ3) is 3.81. The van der Waals surface area contributed by atoms with Gasteiger partial charge in [-0.3, -0.25) is 14.6 Å². The summed E-state index contributed by atoms with van der Waals surface area (Å²) in [5.74, 6) is -0.473. The molecule has 6 heteroatoms. The van der Waals surface area contributed by atoms with E-state index in [0.717, 1.165) is 0 Å². The maximum atomic E-state index is 11.7. The first-order valence-corrected chi connectivity index (χ1v) is 5.72. The Morgan fingerprint density at radius 1 is 1.28 bits per heavy atom. The van der Waals surface area contributed by atoms with Crippen LogP contribution in [-0.4, -0.2) is 43.5 Å². The number of likely N-dealkylation sites (N-methyl/N-ethyl adjacent to an activating group) is 1. The van der Waals surface area contributed by atoms with Crippen LogP contribution in [-0.2, 0) is 0 Å². The van der Waals surface area contributed by atoms with Gasteiger partial charge in [0, 0.05) is 25.8 Å². The number of aromatic nitrogens is 1. The van der Waals surface area contributed by atoms with Gasteiger partial charge < -0.3 is 16.0 Å². The highest BCUT2D eigenvalue weighted by Gasteiger charge is 2.09. The van der Waals surface area contributed by atoms with Crippen LogP contribution in [0.15, 0.2) is 18.3 Å². The van der Waals surface area contributed by atoms with E-state index in [2.05, 4.69) is 20.9 Å². The molecule has 1 atom stereocenters. The van der Waals surface area contributed by atoms with E-state index in [9.17, 15) is 9.59 Å². The van der Waals surface area contributed by atoms with Crippen molar-refractivity contribution in [2.45, 2.75) is 13.0 Å². The fourth-order valence-electron chi connectivity index (χ4n) is 1.24. The van der Waals surface area contributed by atoms with Gasteiger partial charge in [-0.15, -0.1) is 0 Å². The molecule has 1 heterocycles. The van der Waals surface area contributed by atoms with Gasteiger partial charge in [0.05, 0.1) is 5.56 Å². The zero-order chi connectivity index (χ0) is 13.5. The zero-order valence-corrected chi connectivity index (χ0v) is 10.8. The quantitative estimate of drug-likeness (QED) is 0.674. The molecule has 0 saturated heterocycles. The molecule has 3 N–H and O–H groups in total. The fraction of sp³-hybridized carbons (Fsp3) is 0.417. The standard InChI is InChI=1S/C12H18N4O2/c1-8(13-2)6-16-11(17)9-4-5-10(15-7-9)12(18)14-3/h4-5,7-8,13H,6H2,1-3H3,(H,14,18)(H,16,17). The van der Waals surface area contributed by atoms with E-state index in [1.54, 1.807) is 6.07 Å². The van der Waals surface area contributed by atoms with E-state index in [1.807, 2.05) is 14.0 Å². The highest BCUT2D eigenvalue weighted by atomic mass is 16.2. The molecule has 6 nitrogen and oxygen atoms in total. The highest BCUT2D eigenvalue weighted by Crippen LogP contribution is 2.00. The molecule has 0 bridgehead atoms. The highest BCUT2D eigenvalue weighted by molar-refractivity contribution is 5.96. The average Bonchev–Trinajstić information content (AvgIpc) is 2.43. The number of hydrogen-bond acceptors (Lipinski definition) is 4. The maximum absolute atomic E-state index is 11.7. The van der Waals surface area contributed by atoms with Crippen LogP contribution in [0.4, 0.5) is 0 Å². The molecule has 0 aliphatic heterocycles. The summed E-state index contributed by atoms with van der Waals surface area (Å²) in [5, 5.41) is 8.26. The Labute approximate surface area is 106 Å². The van der Waals surface area contributed by atoms with Crippen LogP contribution in [0.3, 0.4) is 0 Å². The molecule has 0 aliphatic carbocycles. The average molecular weight is 250 g/mol. The topological polar surface area (TPSA) is 83.1 Å². The molecule has 1 aromatic rings. The second-order valence-corrected chi connectivity index (χ2v) is 3.91. The molecule has 0 fully saturated rings. The largest absolute Gasteiger partial charge is 0.354 e. The van der Waals surface area contributed by atoms with Crippen LogP contribution in [0.25, 0.3) is 0 Å². The normalized spacial score (nSPS) is 11.7. The van der Waals surface area contributed by atoms with Crippen molar-refractivity contribution in [2.75, 3.05) is 20.6 Å². The van der Waals surface area contributed by atoms with Crippen LogP contribution in [0.1, 0.15) is 27.8 Å². The van der Waals surface area contributed by atoms with Crippen molar-refractivity contribution in [2.24, 2.45) is 0 Å². The molecule has 0 aliphatic rings. The summed E-state index contributed by atoms with van der Waals surface area (Å²) in [7, 11) is 3.36. The molecule has 0 radical (unpaired) electrons. The monoisotopic (exact) mass is 250 g/mol. The number of carbonyl (C=O) groups is 2. The van der Waals surface area contributed by atoms with E-state index in [0.29, 0.717) is 12.1 Å². The number of nitrogens with one attached hydrogen (secondary N) is 3. The summed E-state index contributed by atoms with van der Waals surface area (Å²) >= 11 is 0. The summed E-state index contributed by atoms with van der Waals surface area (Å²) < 4.78 is 0. The van der Waals surface area contributed by atoms with Crippen LogP contribution in [0, 0.1) is 0 Å². The zero-order valence-electron chi connectivity index (χ0n) is 10.8. The summed E-state index contributed by atoms with van der Waals surface area (Å²) in [6, 6.07) is 3.30. The molecule has 1 rings (SSSR count). The Balaban J connectivity index is 2.62. The molecular formula is C12H18N4O2. The lowest BCUT2D eigenvalue weighted by atomic mass is 10.2. The third-order valence-corrected chi connectivity index (χ3v) is 2.55. The lowest BCUT2D eigenvalue weighted by Crippen LogP contribution is -2.37. The van der Waals surface area contributed by atoms with Crippen molar-refractivity contribution in [3.63, 3.8) is 0 Å². The Hall–Kier alpha value is -1.95. The van der Waals surface area contributed by atoms with Crippen molar-refractivity contribution >= 4 is 11.8 Å². The predicted molar refractivity (Wildman–Crippen MR) is 68.5 cm³/mol. The SMILES string of the molecule is CNC(=O)c1ccc(C(=O)NCC(C)NC)cn1. The molecule has 0 spiro atoms. The van der Waals surface area contributed by atoms with Crippen LogP contribution in [0.2, 0.25) is 0 Å². The number of carbonyl (C=O) groups excluding carboxylic acids is 2. The summed E-state index contributed by atoms with van der Waals surface area (Å²) in [6.45, 7) is 2.50. The van der Waals surface area contributed by atoms with E-state index in [1.165, 1.54) is 19.3 Å². The first-order valence-electron chi connectivity index (χ1n) is 5.72. The Morgan fingerprint density at radius 2 is 2.00 bits per heavy atom. The van der Waals surface area contributed by atoms with E-state index >= 15 is 0 Å². The first-order chi connectivity index (χ1) is 8.58. The number of pyridine rings is 1. The second kappa shape index (κ2) is 6.70. The molecule has 1 aromatic heterocycles. The second-order valence-electron chi connectivity index (χ2n) is 3.91. The minimum Gasteiger partial charge on any atom is -0.354 e. The number of rotatable bonds is 5. The van der Waals surface area contributed by atoms with Crippen molar-refractivity contribution in [3.05, 3.63) is 29.6 Å². The Kier molecular flexibility index (Phi) is 5.26. The molecule has 18 heavy (non-hydrogen) atoms. The number of amides is 2. The Morgan fingerprint density at radius 3 is 2.50 bits per heavy atom. The van der Waals surface area contributed by atoms with Gasteiger partial charge in [-0.05, 0) is 26.1 Å². The molecule has 1 unspecified atom stereocenters. The van der Waals surface area contributed by atoms with E-state index in [-0.39, 0.29) is 23.6 Å². The number of hydrogen-bond donors (Lipinski definition) is 3. The summed E-state index contributed by atoms with van der Waals surface area (Å²) in [6.07, 6.45) is 1.39. The van der Waals surface area contributed by atoms with Gasteiger partial charge >= 0.3 is 0 Å². The Bertz CT molecular complexity index is 417. The number of nitrogens with zero attached hydrogens (tertiary/aromatic N) is 1. The van der Waals surface area contributed by atoms with Gasteiger partial charge in [0.1, 0.15) is 5.69 Å². The van der Waals surface area contributed by atoms with Gasteiger partial charge in [0.25, 0.3) is 11.8 Å². The van der Waals surface area contributed by atoms with Crippen molar-refractivity contribution in [3.8, 4) is 0 Å². The molecule has 0 saturated carbocycles. The van der Waals surface area contributed by atoms with Crippen LogP contribution in [0.5, 0.6) is 0 Å². The third-order valence-electron chi connectivity index (χ3n) is 2.55. The molecule has 2 amide bonds. The fourth-order valence-corrected chi connectivity index (χ4v) is 1.24. The summed E-state index contributed by atoms with van der Waals surface area (Å²) in [4.78, 5) is 26.9. The van der Waals surface area contributed by atoms with Crippen LogP contribution < -0.4 is 16.0 Å². The van der Waals surface area contributed by atoms with Gasteiger partial charge in [-0.25, -0.2) is 0 Å². The van der Waals surface area contributed by atoms with Gasteiger partial charge in [0.2, 0.25) is 0 Å². The smallest absolute Gasteiger partial charge is 0.269 e. The van der Waals surface area contributed by atoms with Crippen molar-refractivity contribution in [1.29, 1.82) is 0 Å². The maximum Gasteiger partial charge on any atom is 0.269 e. The lowest BCUT2D eigenvalue weighted by molar-refractivity contribution is 0.0940. The van der Waals surface area contributed by atoms with Gasteiger partial charge in [-0.2, -0.15) is 0 Å². The minimum atomic E-state index is -0.272. The first kappa shape index (κ1) is 14.1. The molecule has 0 aromatic carbocycles. The van der Waals surface area contributed by atoms with E-state index in [4.69, 9.17) is 0 Å². The van der Waals surface area contributed by atoms with Crippen molar-refractivity contribution in [1.82, 2.24) is 20.9 Å². The molecular weight excluding hydrogens is 232 g/mol. The lowest BCUT2D eigenvalue weighted by Gasteiger charge is -2.11. The van der Waals surface area contributed by atoms with Crippen LogP contribution >= 0.6 is 0 Å². The molecule has 98 valence electrons. The van der Waals surface area contributed by atoms with Crippen molar-refractivity contribution < 1.29 is 9.59 Å². The minimum absolute atomic E-state index is 0.201. The predicted octanol–water partition coefficient (Wildman–Crippen LogP) is -0.221. The van der Waals surface area contributed by atoms with Gasteiger partial charge in [0.15, 0.2) is 0 Å². The summed E-state index contributed by atoms with van der Waals surface area (Å²) in [5.41, 5.74) is 0.726. The van der Waals surface area contributed by atoms with Gasteiger partial charge in [-0.1, -0.05) is 0 Å². The van der Waals surface area contributed by atoms with E-state index < -0.39 is 0 Å².